The summed E-state index contributed by atoms with van der Waals surface area (Å²) < 4.78 is 32.4. The van der Waals surface area contributed by atoms with Crippen molar-refractivity contribution < 1.29 is 13.5 Å². The highest BCUT2D eigenvalue weighted by molar-refractivity contribution is 9.18. The number of hydrazine groups is 1. The first-order valence-corrected chi connectivity index (χ1v) is 6.30. The van der Waals surface area contributed by atoms with E-state index in [1.54, 1.807) is 0 Å². The van der Waals surface area contributed by atoms with Gasteiger partial charge in [0.2, 0.25) is 0 Å². The minimum atomic E-state index is -0.644. The van der Waals surface area contributed by atoms with Crippen LogP contribution in [0, 0.1) is 11.6 Å². The van der Waals surface area contributed by atoms with Crippen LogP contribution in [0.1, 0.15) is 6.42 Å². The van der Waals surface area contributed by atoms with E-state index >= 15 is 0 Å². The molecule has 2 atom stereocenters. The fourth-order valence-corrected chi connectivity index (χ4v) is 2.62. The molecule has 1 saturated heterocycles. The molecule has 0 saturated carbocycles. The molecule has 96 valence electrons. The second-order valence-corrected chi connectivity index (χ2v) is 4.94. The monoisotopic (exact) mass is 317 g/mol. The van der Waals surface area contributed by atoms with Crippen LogP contribution in [-0.2, 0) is 0 Å². The van der Waals surface area contributed by atoms with Crippen molar-refractivity contribution in [1.29, 1.82) is 0 Å². The second kappa shape index (κ2) is 4.47. The summed E-state index contributed by atoms with van der Waals surface area (Å²) in [7, 11) is 0. The Morgan fingerprint density at radius 1 is 1.33 bits per heavy atom. The van der Waals surface area contributed by atoms with Crippen molar-refractivity contribution in [2.24, 2.45) is 4.99 Å². The van der Waals surface area contributed by atoms with E-state index in [-0.39, 0.29) is 18.0 Å². The summed E-state index contributed by atoms with van der Waals surface area (Å²) in [5.41, 5.74) is 3.03. The zero-order valence-corrected chi connectivity index (χ0v) is 10.8. The van der Waals surface area contributed by atoms with E-state index in [1.165, 1.54) is 12.1 Å². The molecule has 0 spiro atoms. The number of hydrogen-bond donors (Lipinski definition) is 1. The van der Waals surface area contributed by atoms with E-state index in [0.29, 0.717) is 4.74 Å². The number of halogens is 3. The van der Waals surface area contributed by atoms with Crippen molar-refractivity contribution >= 4 is 20.7 Å². The normalized spacial score (nSPS) is 26.7. The van der Waals surface area contributed by atoms with Gasteiger partial charge in [0.25, 0.3) is 0 Å². The number of aliphatic imine (C=N–C) groups is 1. The van der Waals surface area contributed by atoms with Crippen molar-refractivity contribution in [1.82, 2.24) is 10.4 Å². The second-order valence-electron chi connectivity index (χ2n) is 4.19. The Morgan fingerprint density at radius 3 is 2.78 bits per heavy atom. The number of ether oxygens (including phenoxy) is 1. The molecule has 1 aromatic carbocycles. The molecule has 0 radical (unpaired) electrons. The van der Waals surface area contributed by atoms with Crippen molar-refractivity contribution in [3.8, 4) is 5.75 Å². The maximum absolute atomic E-state index is 13.1. The standard InChI is InChI=1S/C11H10BrF2N3O/c12-11-15-10-9(1-2-17(10)16-11)18-8-4-6(13)3-7(14)5-8/h3-5,9-10H,1-2H2,(H,15,16). The summed E-state index contributed by atoms with van der Waals surface area (Å²) >= 11 is 3.25. The molecule has 0 amide bonds. The van der Waals surface area contributed by atoms with Crippen molar-refractivity contribution in [3.05, 3.63) is 29.8 Å². The third kappa shape index (κ3) is 2.20. The first-order valence-electron chi connectivity index (χ1n) is 5.51. The van der Waals surface area contributed by atoms with Crippen molar-refractivity contribution in [2.45, 2.75) is 18.7 Å². The maximum atomic E-state index is 13.1. The summed E-state index contributed by atoms with van der Waals surface area (Å²) in [5.74, 6) is -1.10. The van der Waals surface area contributed by atoms with E-state index in [4.69, 9.17) is 4.74 Å². The van der Waals surface area contributed by atoms with Crippen LogP contribution in [-0.4, -0.2) is 28.6 Å². The molecule has 2 aliphatic rings. The van der Waals surface area contributed by atoms with Gasteiger partial charge in [-0.25, -0.2) is 13.8 Å². The summed E-state index contributed by atoms with van der Waals surface area (Å²) in [4.78, 5) is 4.31. The third-order valence-corrected chi connectivity index (χ3v) is 3.29. The summed E-state index contributed by atoms with van der Waals surface area (Å²) in [6.45, 7) is 0.770. The lowest BCUT2D eigenvalue weighted by molar-refractivity contribution is 0.140. The van der Waals surface area contributed by atoms with Gasteiger partial charge in [-0.15, -0.1) is 0 Å². The average Bonchev–Trinajstić information content (AvgIpc) is 2.78. The zero-order chi connectivity index (χ0) is 12.7. The van der Waals surface area contributed by atoms with Gasteiger partial charge in [0.1, 0.15) is 23.5 Å². The minimum Gasteiger partial charge on any atom is -0.486 e. The number of nitrogens with zero attached hydrogens (tertiary/aromatic N) is 2. The summed E-state index contributed by atoms with van der Waals surface area (Å²) in [5, 5.41) is 1.92. The van der Waals surface area contributed by atoms with Crippen LogP contribution in [0.3, 0.4) is 0 Å². The number of amidine groups is 1. The number of rotatable bonds is 2. The van der Waals surface area contributed by atoms with Gasteiger partial charge < -0.3 is 4.74 Å². The van der Waals surface area contributed by atoms with E-state index in [1.807, 2.05) is 5.01 Å². The Hall–Kier alpha value is -1.21. The minimum absolute atomic E-state index is 0.161. The SMILES string of the molecule is Fc1cc(F)cc(OC2CCN3NC(Br)=NC23)c1. The number of benzene rings is 1. The van der Waals surface area contributed by atoms with Crippen molar-refractivity contribution in [2.75, 3.05) is 6.54 Å². The van der Waals surface area contributed by atoms with Gasteiger partial charge >= 0.3 is 0 Å². The van der Waals surface area contributed by atoms with Crippen LogP contribution < -0.4 is 10.2 Å². The van der Waals surface area contributed by atoms with E-state index < -0.39 is 11.6 Å². The lowest BCUT2D eigenvalue weighted by Gasteiger charge is -2.19. The lowest BCUT2D eigenvalue weighted by Crippen LogP contribution is -2.39. The van der Waals surface area contributed by atoms with Gasteiger partial charge in [-0.3, -0.25) is 5.43 Å². The molecule has 7 heteroatoms. The van der Waals surface area contributed by atoms with Crippen LogP contribution >= 0.6 is 15.9 Å². The van der Waals surface area contributed by atoms with Gasteiger partial charge in [0.15, 0.2) is 10.9 Å². The zero-order valence-electron chi connectivity index (χ0n) is 9.24. The van der Waals surface area contributed by atoms with Crippen LogP contribution in [0.5, 0.6) is 5.75 Å². The molecule has 0 bridgehead atoms. The summed E-state index contributed by atoms with van der Waals surface area (Å²) in [6.07, 6.45) is 0.374. The molecule has 2 aliphatic heterocycles. The first-order chi connectivity index (χ1) is 8.61. The van der Waals surface area contributed by atoms with E-state index in [2.05, 4.69) is 26.3 Å². The predicted molar refractivity (Wildman–Crippen MR) is 65.4 cm³/mol. The van der Waals surface area contributed by atoms with Crippen LogP contribution in [0.2, 0.25) is 0 Å². The molecule has 0 aliphatic carbocycles. The van der Waals surface area contributed by atoms with E-state index in [0.717, 1.165) is 19.0 Å². The quantitative estimate of drug-likeness (QED) is 0.848. The highest BCUT2D eigenvalue weighted by Crippen LogP contribution is 2.27. The number of fused-ring (bicyclic) bond motifs is 1. The Kier molecular flexibility index (Phi) is 2.95. The average molecular weight is 318 g/mol. The largest absolute Gasteiger partial charge is 0.486 e. The molecule has 2 heterocycles. The molecule has 4 nitrogen and oxygen atoms in total. The van der Waals surface area contributed by atoms with Gasteiger partial charge in [-0.2, -0.15) is 5.01 Å². The fraction of sp³-hybridized carbons (Fsp3) is 0.364. The van der Waals surface area contributed by atoms with E-state index in [9.17, 15) is 8.78 Å². The van der Waals surface area contributed by atoms with Crippen LogP contribution in [0.4, 0.5) is 8.78 Å². The van der Waals surface area contributed by atoms with Crippen molar-refractivity contribution in [3.63, 3.8) is 0 Å². The number of hydrogen-bond acceptors (Lipinski definition) is 4. The highest BCUT2D eigenvalue weighted by atomic mass is 79.9. The lowest BCUT2D eigenvalue weighted by atomic mass is 10.2. The Bertz CT molecular complexity index is 491. The number of nitrogens with one attached hydrogen (secondary N) is 1. The molecular formula is C11H10BrF2N3O. The molecule has 2 unspecified atom stereocenters. The third-order valence-electron chi connectivity index (χ3n) is 2.91. The highest BCUT2D eigenvalue weighted by Gasteiger charge is 2.39. The van der Waals surface area contributed by atoms with Gasteiger partial charge in [0.05, 0.1) is 0 Å². The fourth-order valence-electron chi connectivity index (χ4n) is 2.18. The molecule has 1 fully saturated rings. The smallest absolute Gasteiger partial charge is 0.182 e. The van der Waals surface area contributed by atoms with Gasteiger partial charge in [-0.05, 0) is 15.9 Å². The van der Waals surface area contributed by atoms with Gasteiger partial charge in [0, 0.05) is 31.2 Å². The molecule has 1 aromatic rings. The molecule has 3 rings (SSSR count). The van der Waals surface area contributed by atoms with Gasteiger partial charge in [-0.1, -0.05) is 0 Å². The summed E-state index contributed by atoms with van der Waals surface area (Å²) in [6, 6.07) is 3.17. The molecule has 1 N–H and O–H groups in total. The first kappa shape index (κ1) is 11.9. The molecule has 0 aromatic heterocycles. The molecule has 18 heavy (non-hydrogen) atoms. The Labute approximate surface area is 111 Å². The Balaban J connectivity index is 1.77. The topological polar surface area (TPSA) is 36.9 Å². The van der Waals surface area contributed by atoms with Crippen LogP contribution in [0.15, 0.2) is 23.2 Å². The van der Waals surface area contributed by atoms with Crippen LogP contribution in [0.25, 0.3) is 0 Å². The maximum Gasteiger partial charge on any atom is 0.182 e. The Morgan fingerprint density at radius 2 is 2.06 bits per heavy atom. The molecular weight excluding hydrogens is 308 g/mol. The predicted octanol–water partition coefficient (Wildman–Crippen LogP) is 2.01.